The molecule has 5 rings (SSSR count). The van der Waals surface area contributed by atoms with Crippen molar-refractivity contribution in [1.29, 1.82) is 0 Å². The third-order valence-corrected chi connectivity index (χ3v) is 5.92. The summed E-state index contributed by atoms with van der Waals surface area (Å²) < 4.78 is 0. The molecule has 29 heavy (non-hydrogen) atoms. The van der Waals surface area contributed by atoms with Gasteiger partial charge in [-0.3, -0.25) is 4.79 Å². The molecule has 0 radical (unpaired) electrons. The van der Waals surface area contributed by atoms with Crippen molar-refractivity contribution < 1.29 is 4.79 Å². The Labute approximate surface area is 171 Å². The van der Waals surface area contributed by atoms with Crippen LogP contribution in [-0.2, 0) is 0 Å². The van der Waals surface area contributed by atoms with Crippen molar-refractivity contribution in [2.75, 3.05) is 0 Å². The van der Waals surface area contributed by atoms with E-state index in [4.69, 9.17) is 0 Å². The lowest BCUT2D eigenvalue weighted by Crippen LogP contribution is -2.16. The number of hydrogen-bond acceptors (Lipinski definition) is 1. The lowest BCUT2D eigenvalue weighted by atomic mass is 9.77. The molecule has 0 saturated carbocycles. The van der Waals surface area contributed by atoms with Crippen LogP contribution in [0.4, 0.5) is 0 Å². The van der Waals surface area contributed by atoms with Gasteiger partial charge < -0.3 is 0 Å². The van der Waals surface area contributed by atoms with E-state index < -0.39 is 0 Å². The molecule has 0 spiro atoms. The van der Waals surface area contributed by atoms with Crippen molar-refractivity contribution in [2.45, 2.75) is 18.8 Å². The average Bonchev–Trinajstić information content (AvgIpc) is 2.81. The first-order chi connectivity index (χ1) is 14.3. The summed E-state index contributed by atoms with van der Waals surface area (Å²) in [4.78, 5) is 12.7. The highest BCUT2D eigenvalue weighted by atomic mass is 16.1. The highest BCUT2D eigenvalue weighted by Crippen LogP contribution is 2.39. The summed E-state index contributed by atoms with van der Waals surface area (Å²) in [5.41, 5.74) is 8.04. The average molecular weight is 374 g/mol. The van der Waals surface area contributed by atoms with Gasteiger partial charge in [-0.15, -0.1) is 0 Å². The van der Waals surface area contributed by atoms with Crippen LogP contribution in [0.15, 0.2) is 103 Å². The van der Waals surface area contributed by atoms with Crippen molar-refractivity contribution in [3.63, 3.8) is 0 Å². The molecule has 0 amide bonds. The number of fused-ring (bicyclic) bond motifs is 1. The standard InChI is InChI=1S/C28H22O/c29-28-18-17-25(23-13-11-22(12-14-23)20-7-3-1-4-8-20)26-16-15-24(19-27(26)28)21-9-5-2-6-10-21/h1-16,19,25H,17-18H2. The SMILES string of the molecule is O=C1CCC(c2ccc(-c3ccccc3)cc2)c2ccc(-c3ccccc3)cc21. The quantitative estimate of drug-likeness (QED) is 0.373. The van der Waals surface area contributed by atoms with E-state index in [1.165, 1.54) is 16.7 Å². The van der Waals surface area contributed by atoms with Crippen molar-refractivity contribution in [2.24, 2.45) is 0 Å². The molecular formula is C28H22O. The highest BCUT2D eigenvalue weighted by molar-refractivity contribution is 6.00. The number of rotatable bonds is 3. The van der Waals surface area contributed by atoms with E-state index in [2.05, 4.69) is 78.9 Å². The fourth-order valence-electron chi connectivity index (χ4n) is 4.36. The Kier molecular flexibility index (Phi) is 4.57. The molecule has 1 unspecified atom stereocenters. The first-order valence-corrected chi connectivity index (χ1v) is 10.2. The smallest absolute Gasteiger partial charge is 0.163 e. The predicted octanol–water partition coefficient (Wildman–Crippen LogP) is 7.13. The lowest BCUT2D eigenvalue weighted by Gasteiger charge is -2.26. The second kappa shape index (κ2) is 7.52. The van der Waals surface area contributed by atoms with Crippen LogP contribution in [-0.4, -0.2) is 5.78 Å². The predicted molar refractivity (Wildman–Crippen MR) is 119 cm³/mol. The number of ketones is 1. The largest absolute Gasteiger partial charge is 0.294 e. The van der Waals surface area contributed by atoms with E-state index in [1.54, 1.807) is 0 Å². The molecule has 140 valence electrons. The van der Waals surface area contributed by atoms with Gasteiger partial charge in [0.1, 0.15) is 0 Å². The van der Waals surface area contributed by atoms with Crippen LogP contribution in [0.1, 0.15) is 40.2 Å². The monoisotopic (exact) mass is 374 g/mol. The van der Waals surface area contributed by atoms with Crippen molar-refractivity contribution in [1.82, 2.24) is 0 Å². The molecule has 1 aliphatic carbocycles. The zero-order chi connectivity index (χ0) is 19.6. The maximum Gasteiger partial charge on any atom is 0.163 e. The van der Waals surface area contributed by atoms with Gasteiger partial charge in [0.15, 0.2) is 5.78 Å². The Morgan fingerprint density at radius 2 is 1.14 bits per heavy atom. The molecule has 4 aromatic rings. The molecule has 1 heteroatoms. The Morgan fingerprint density at radius 3 is 1.79 bits per heavy atom. The molecule has 1 aliphatic rings. The van der Waals surface area contributed by atoms with Gasteiger partial charge in [0.05, 0.1) is 0 Å². The molecule has 4 aromatic carbocycles. The zero-order valence-corrected chi connectivity index (χ0v) is 16.2. The van der Waals surface area contributed by atoms with Gasteiger partial charge in [-0.25, -0.2) is 0 Å². The van der Waals surface area contributed by atoms with Crippen LogP contribution in [0.3, 0.4) is 0 Å². The lowest BCUT2D eigenvalue weighted by molar-refractivity contribution is 0.0969. The van der Waals surface area contributed by atoms with E-state index in [9.17, 15) is 4.79 Å². The molecule has 0 saturated heterocycles. The summed E-state index contributed by atoms with van der Waals surface area (Å²) in [7, 11) is 0. The van der Waals surface area contributed by atoms with Crippen LogP contribution in [0.2, 0.25) is 0 Å². The third kappa shape index (κ3) is 3.40. The highest BCUT2D eigenvalue weighted by Gasteiger charge is 2.27. The fourth-order valence-corrected chi connectivity index (χ4v) is 4.36. The van der Waals surface area contributed by atoms with Gasteiger partial charge in [0.25, 0.3) is 0 Å². The van der Waals surface area contributed by atoms with Crippen LogP contribution in [0.25, 0.3) is 22.3 Å². The number of benzene rings is 4. The molecule has 1 nitrogen and oxygen atoms in total. The first kappa shape index (κ1) is 17.6. The minimum atomic E-state index is 0.259. The number of Topliss-reactive ketones (excluding diaryl/α,β-unsaturated/α-hetero) is 1. The summed E-state index contributed by atoms with van der Waals surface area (Å²) >= 11 is 0. The second-order valence-corrected chi connectivity index (χ2v) is 7.67. The van der Waals surface area contributed by atoms with Gasteiger partial charge in [0, 0.05) is 17.9 Å². The van der Waals surface area contributed by atoms with E-state index >= 15 is 0 Å². The molecule has 1 atom stereocenters. The van der Waals surface area contributed by atoms with Crippen LogP contribution in [0, 0.1) is 0 Å². The number of hydrogen-bond donors (Lipinski definition) is 0. The summed E-state index contributed by atoms with van der Waals surface area (Å²) in [6.07, 6.45) is 1.48. The Hall–Kier alpha value is -3.45. The Balaban J connectivity index is 1.50. The summed E-state index contributed by atoms with van der Waals surface area (Å²) in [5.74, 6) is 0.535. The third-order valence-electron chi connectivity index (χ3n) is 5.92. The first-order valence-electron chi connectivity index (χ1n) is 10.2. The molecule has 0 heterocycles. The van der Waals surface area contributed by atoms with Crippen molar-refractivity contribution >= 4 is 5.78 Å². The molecular weight excluding hydrogens is 352 g/mol. The van der Waals surface area contributed by atoms with Crippen LogP contribution in [0.5, 0.6) is 0 Å². The van der Waals surface area contributed by atoms with E-state index in [1.807, 2.05) is 24.3 Å². The topological polar surface area (TPSA) is 17.1 Å². The maximum atomic E-state index is 12.7. The minimum Gasteiger partial charge on any atom is -0.294 e. The van der Waals surface area contributed by atoms with Crippen LogP contribution >= 0.6 is 0 Å². The van der Waals surface area contributed by atoms with Gasteiger partial charge in [-0.2, -0.15) is 0 Å². The Morgan fingerprint density at radius 1 is 0.586 bits per heavy atom. The zero-order valence-electron chi connectivity index (χ0n) is 16.2. The number of carbonyl (C=O) groups is 1. The maximum absolute atomic E-state index is 12.7. The molecule has 0 bridgehead atoms. The molecule has 0 fully saturated rings. The normalized spacial score (nSPS) is 15.7. The Bertz CT molecular complexity index is 1140. The van der Waals surface area contributed by atoms with E-state index in [0.717, 1.165) is 28.7 Å². The molecule has 0 N–H and O–H groups in total. The summed E-state index contributed by atoms with van der Waals surface area (Å²) in [6.45, 7) is 0. The van der Waals surface area contributed by atoms with Crippen LogP contribution < -0.4 is 0 Å². The van der Waals surface area contributed by atoms with Crippen molar-refractivity contribution in [3.8, 4) is 22.3 Å². The molecule has 0 aliphatic heterocycles. The van der Waals surface area contributed by atoms with Gasteiger partial charge >= 0.3 is 0 Å². The second-order valence-electron chi connectivity index (χ2n) is 7.67. The summed E-state index contributed by atoms with van der Waals surface area (Å²) in [5, 5.41) is 0. The van der Waals surface area contributed by atoms with Gasteiger partial charge in [-0.05, 0) is 45.9 Å². The number of carbonyl (C=O) groups excluding carboxylic acids is 1. The van der Waals surface area contributed by atoms with Gasteiger partial charge in [0.2, 0.25) is 0 Å². The fraction of sp³-hybridized carbons (Fsp3) is 0.107. The molecule has 0 aromatic heterocycles. The van der Waals surface area contributed by atoms with E-state index in [-0.39, 0.29) is 11.7 Å². The van der Waals surface area contributed by atoms with Crippen molar-refractivity contribution in [3.05, 3.63) is 120 Å². The summed E-state index contributed by atoms with van der Waals surface area (Å²) in [6, 6.07) is 35.9. The van der Waals surface area contributed by atoms with E-state index in [0.29, 0.717) is 6.42 Å². The minimum absolute atomic E-state index is 0.259. The van der Waals surface area contributed by atoms with Gasteiger partial charge in [-0.1, -0.05) is 97.1 Å².